The topological polar surface area (TPSA) is 12.0 Å². The van der Waals surface area contributed by atoms with Crippen LogP contribution in [0, 0.1) is 5.82 Å². The minimum atomic E-state index is -0.249. The Bertz CT molecular complexity index is 603. The highest BCUT2D eigenvalue weighted by molar-refractivity contribution is 7.98. The van der Waals surface area contributed by atoms with Crippen molar-refractivity contribution in [1.82, 2.24) is 5.32 Å². The summed E-state index contributed by atoms with van der Waals surface area (Å²) < 4.78 is 13.5. The molecular formula is C15H15ClFNS2. The van der Waals surface area contributed by atoms with Gasteiger partial charge in [0.15, 0.2) is 0 Å². The van der Waals surface area contributed by atoms with Crippen molar-refractivity contribution >= 4 is 34.7 Å². The molecule has 106 valence electrons. The SMILES string of the molecule is CNC(c1cc2c(s1)CCSC2)c1cc(F)ccc1Cl. The third kappa shape index (κ3) is 2.75. The summed E-state index contributed by atoms with van der Waals surface area (Å²) in [6, 6.07) is 6.75. The highest BCUT2D eigenvalue weighted by Crippen LogP contribution is 2.38. The number of fused-ring (bicyclic) bond motifs is 1. The fourth-order valence-corrected chi connectivity index (χ4v) is 5.23. The van der Waals surface area contributed by atoms with Gasteiger partial charge in [0, 0.05) is 20.5 Å². The standard InChI is InChI=1S/C15H15ClFNS2/c1-18-15(11-7-10(17)2-3-12(11)16)14-6-9-8-19-5-4-13(9)20-14/h2-3,6-7,15,18H,4-5,8H2,1H3. The van der Waals surface area contributed by atoms with Crippen LogP contribution in [-0.2, 0) is 12.2 Å². The lowest BCUT2D eigenvalue weighted by atomic mass is 10.0. The van der Waals surface area contributed by atoms with E-state index in [0.717, 1.165) is 17.7 Å². The molecule has 20 heavy (non-hydrogen) atoms. The van der Waals surface area contributed by atoms with Gasteiger partial charge in [-0.15, -0.1) is 11.3 Å². The van der Waals surface area contributed by atoms with Crippen molar-refractivity contribution in [1.29, 1.82) is 0 Å². The Morgan fingerprint density at radius 3 is 2.95 bits per heavy atom. The second kappa shape index (κ2) is 6.06. The Kier molecular flexibility index (Phi) is 4.36. The molecule has 0 amide bonds. The Morgan fingerprint density at radius 1 is 1.35 bits per heavy atom. The Hall–Kier alpha value is -0.550. The van der Waals surface area contributed by atoms with Crippen LogP contribution < -0.4 is 5.32 Å². The van der Waals surface area contributed by atoms with Gasteiger partial charge in [0.25, 0.3) is 0 Å². The number of aryl methyl sites for hydroxylation is 1. The summed E-state index contributed by atoms with van der Waals surface area (Å²) in [5.74, 6) is 2.03. The second-order valence-corrected chi connectivity index (χ2v) is 7.47. The van der Waals surface area contributed by atoms with Crippen LogP contribution in [-0.4, -0.2) is 12.8 Å². The monoisotopic (exact) mass is 327 g/mol. The van der Waals surface area contributed by atoms with Gasteiger partial charge in [-0.2, -0.15) is 11.8 Å². The molecular weight excluding hydrogens is 313 g/mol. The second-order valence-electron chi connectivity index (χ2n) is 4.79. The van der Waals surface area contributed by atoms with Gasteiger partial charge in [-0.1, -0.05) is 11.6 Å². The van der Waals surface area contributed by atoms with E-state index in [1.54, 1.807) is 6.07 Å². The normalized spacial score (nSPS) is 15.9. The van der Waals surface area contributed by atoms with Gasteiger partial charge in [-0.25, -0.2) is 4.39 Å². The van der Waals surface area contributed by atoms with E-state index in [2.05, 4.69) is 11.4 Å². The largest absolute Gasteiger partial charge is 0.309 e. The fourth-order valence-electron chi connectivity index (χ4n) is 2.50. The number of halogens is 2. The minimum absolute atomic E-state index is 0.0428. The van der Waals surface area contributed by atoms with Crippen molar-refractivity contribution in [2.24, 2.45) is 0 Å². The summed E-state index contributed by atoms with van der Waals surface area (Å²) in [6.45, 7) is 0. The first-order valence-corrected chi connectivity index (χ1v) is 8.85. The smallest absolute Gasteiger partial charge is 0.123 e. The van der Waals surface area contributed by atoms with Crippen LogP contribution in [0.4, 0.5) is 4.39 Å². The summed E-state index contributed by atoms with van der Waals surface area (Å²) in [6.07, 6.45) is 1.14. The molecule has 1 aliphatic rings. The molecule has 0 saturated heterocycles. The number of thiophene rings is 1. The number of rotatable bonds is 3. The zero-order chi connectivity index (χ0) is 14.1. The lowest BCUT2D eigenvalue weighted by Gasteiger charge is -2.16. The first kappa shape index (κ1) is 14.4. The molecule has 1 nitrogen and oxygen atoms in total. The maximum atomic E-state index is 13.5. The summed E-state index contributed by atoms with van der Waals surface area (Å²) in [4.78, 5) is 2.68. The van der Waals surface area contributed by atoms with Crippen molar-refractivity contribution in [2.75, 3.05) is 12.8 Å². The van der Waals surface area contributed by atoms with E-state index < -0.39 is 0 Å². The van der Waals surface area contributed by atoms with Gasteiger partial charge in [-0.3, -0.25) is 0 Å². The Morgan fingerprint density at radius 2 is 2.20 bits per heavy atom. The minimum Gasteiger partial charge on any atom is -0.309 e. The number of nitrogens with one attached hydrogen (secondary N) is 1. The van der Waals surface area contributed by atoms with Crippen LogP contribution in [0.15, 0.2) is 24.3 Å². The van der Waals surface area contributed by atoms with Crippen LogP contribution in [0.5, 0.6) is 0 Å². The van der Waals surface area contributed by atoms with Crippen LogP contribution >= 0.6 is 34.7 Å². The summed E-state index contributed by atoms with van der Waals surface area (Å²) in [5.41, 5.74) is 2.23. The number of hydrogen-bond donors (Lipinski definition) is 1. The predicted octanol–water partition coefficient (Wildman–Crippen LogP) is 4.64. The molecule has 0 saturated carbocycles. The Labute approximate surface area is 131 Å². The van der Waals surface area contributed by atoms with Gasteiger partial charge < -0.3 is 5.32 Å². The molecule has 1 aromatic carbocycles. The van der Waals surface area contributed by atoms with Crippen molar-refractivity contribution in [2.45, 2.75) is 18.2 Å². The third-order valence-corrected chi connectivity index (χ3v) is 6.14. The maximum Gasteiger partial charge on any atom is 0.123 e. The van der Waals surface area contributed by atoms with E-state index in [4.69, 9.17) is 11.6 Å². The fraction of sp³-hybridized carbons (Fsp3) is 0.333. The van der Waals surface area contributed by atoms with Gasteiger partial charge >= 0.3 is 0 Å². The quantitative estimate of drug-likeness (QED) is 0.881. The molecule has 0 bridgehead atoms. The lowest BCUT2D eigenvalue weighted by Crippen LogP contribution is -2.17. The number of hydrogen-bond acceptors (Lipinski definition) is 3. The molecule has 2 aromatic rings. The van der Waals surface area contributed by atoms with Crippen molar-refractivity contribution in [3.8, 4) is 0 Å². The molecule has 0 aliphatic carbocycles. The molecule has 2 heterocycles. The van der Waals surface area contributed by atoms with Crippen molar-refractivity contribution in [3.05, 3.63) is 56.0 Å². The van der Waals surface area contributed by atoms with E-state index in [1.165, 1.54) is 33.2 Å². The van der Waals surface area contributed by atoms with E-state index in [1.807, 2.05) is 30.1 Å². The van der Waals surface area contributed by atoms with Gasteiger partial charge in [0.2, 0.25) is 0 Å². The Balaban J connectivity index is 2.01. The van der Waals surface area contributed by atoms with Gasteiger partial charge in [0.05, 0.1) is 6.04 Å². The molecule has 1 aromatic heterocycles. The van der Waals surface area contributed by atoms with Crippen LogP contribution in [0.25, 0.3) is 0 Å². The maximum absolute atomic E-state index is 13.5. The molecule has 0 radical (unpaired) electrons. The van der Waals surface area contributed by atoms with Gasteiger partial charge in [0.1, 0.15) is 5.82 Å². The van der Waals surface area contributed by atoms with E-state index in [9.17, 15) is 4.39 Å². The van der Waals surface area contributed by atoms with Crippen molar-refractivity contribution < 1.29 is 4.39 Å². The van der Waals surface area contributed by atoms with Crippen LogP contribution in [0.3, 0.4) is 0 Å². The molecule has 1 aliphatic heterocycles. The highest BCUT2D eigenvalue weighted by atomic mass is 35.5. The molecule has 1 unspecified atom stereocenters. The lowest BCUT2D eigenvalue weighted by molar-refractivity contribution is 0.618. The summed E-state index contributed by atoms with van der Waals surface area (Å²) >= 11 is 10.0. The first-order valence-electron chi connectivity index (χ1n) is 6.50. The number of benzene rings is 1. The zero-order valence-corrected chi connectivity index (χ0v) is 13.5. The average molecular weight is 328 g/mol. The molecule has 1 N–H and O–H groups in total. The zero-order valence-electron chi connectivity index (χ0n) is 11.1. The molecule has 5 heteroatoms. The first-order chi connectivity index (χ1) is 9.69. The summed E-state index contributed by atoms with van der Waals surface area (Å²) in [5, 5.41) is 3.87. The van der Waals surface area contributed by atoms with E-state index >= 15 is 0 Å². The van der Waals surface area contributed by atoms with E-state index in [0.29, 0.717) is 5.02 Å². The van der Waals surface area contributed by atoms with E-state index in [-0.39, 0.29) is 11.9 Å². The molecule has 1 atom stereocenters. The van der Waals surface area contributed by atoms with Crippen LogP contribution in [0.1, 0.15) is 26.9 Å². The molecule has 0 spiro atoms. The highest BCUT2D eigenvalue weighted by Gasteiger charge is 2.21. The third-order valence-electron chi connectivity index (χ3n) is 3.49. The van der Waals surface area contributed by atoms with Crippen LogP contribution in [0.2, 0.25) is 5.02 Å². The molecule has 0 fully saturated rings. The average Bonchev–Trinajstić information content (AvgIpc) is 2.87. The molecule has 3 rings (SSSR count). The van der Waals surface area contributed by atoms with Crippen molar-refractivity contribution in [3.63, 3.8) is 0 Å². The predicted molar refractivity (Wildman–Crippen MR) is 86.5 cm³/mol. The number of thioether (sulfide) groups is 1. The van der Waals surface area contributed by atoms with Gasteiger partial charge in [-0.05, 0) is 54.6 Å². The summed E-state index contributed by atoms with van der Waals surface area (Å²) in [7, 11) is 1.89.